The van der Waals surface area contributed by atoms with E-state index in [9.17, 15) is 4.79 Å². The lowest BCUT2D eigenvalue weighted by atomic mass is 10.1. The SMILES string of the molecule is COC(=O)C1CN(c2nc(-c3cccnc3)nc3ccccc23)C[C@@H](C)O1. The molecule has 2 atom stereocenters. The second-order valence-corrected chi connectivity index (χ2v) is 6.49. The number of anilines is 1. The predicted octanol–water partition coefficient (Wildman–Crippen LogP) is 2.46. The zero-order valence-electron chi connectivity index (χ0n) is 15.2. The number of benzene rings is 1. The molecule has 0 bridgehead atoms. The van der Waals surface area contributed by atoms with Crippen molar-refractivity contribution >= 4 is 22.7 Å². The Balaban J connectivity index is 1.81. The van der Waals surface area contributed by atoms with E-state index in [-0.39, 0.29) is 12.1 Å². The maximum Gasteiger partial charge on any atom is 0.336 e. The average molecular weight is 364 g/mol. The largest absolute Gasteiger partial charge is 0.467 e. The average Bonchev–Trinajstić information content (AvgIpc) is 2.72. The molecule has 3 aromatic rings. The van der Waals surface area contributed by atoms with Gasteiger partial charge in [0, 0.05) is 29.9 Å². The lowest BCUT2D eigenvalue weighted by Crippen LogP contribution is -2.50. The van der Waals surface area contributed by atoms with E-state index in [1.54, 1.807) is 12.4 Å². The molecule has 7 nitrogen and oxygen atoms in total. The van der Waals surface area contributed by atoms with Crippen LogP contribution in [-0.2, 0) is 14.3 Å². The fourth-order valence-corrected chi connectivity index (χ4v) is 3.31. The molecule has 2 aromatic heterocycles. The summed E-state index contributed by atoms with van der Waals surface area (Å²) in [5.41, 5.74) is 1.69. The normalized spacial score (nSPS) is 19.9. The van der Waals surface area contributed by atoms with Crippen molar-refractivity contribution in [3.05, 3.63) is 48.8 Å². The molecule has 1 aliphatic rings. The molecule has 1 aliphatic heterocycles. The van der Waals surface area contributed by atoms with Crippen molar-refractivity contribution < 1.29 is 14.3 Å². The minimum absolute atomic E-state index is 0.126. The van der Waals surface area contributed by atoms with Crippen molar-refractivity contribution in [3.63, 3.8) is 0 Å². The second kappa shape index (κ2) is 7.28. The first-order chi connectivity index (χ1) is 13.2. The number of nitrogens with zero attached hydrogens (tertiary/aromatic N) is 4. The van der Waals surface area contributed by atoms with Gasteiger partial charge in [-0.3, -0.25) is 4.98 Å². The van der Waals surface area contributed by atoms with Crippen molar-refractivity contribution in [1.82, 2.24) is 15.0 Å². The number of para-hydroxylation sites is 1. The van der Waals surface area contributed by atoms with Crippen molar-refractivity contribution in [3.8, 4) is 11.4 Å². The number of ether oxygens (including phenoxy) is 2. The number of hydrogen-bond acceptors (Lipinski definition) is 7. The van der Waals surface area contributed by atoms with Crippen LogP contribution in [0.3, 0.4) is 0 Å². The van der Waals surface area contributed by atoms with E-state index in [1.807, 2.05) is 43.3 Å². The molecule has 0 N–H and O–H groups in total. The summed E-state index contributed by atoms with van der Waals surface area (Å²) >= 11 is 0. The lowest BCUT2D eigenvalue weighted by molar-refractivity contribution is -0.158. The van der Waals surface area contributed by atoms with Crippen molar-refractivity contribution in [1.29, 1.82) is 0 Å². The van der Waals surface area contributed by atoms with Crippen LogP contribution in [-0.4, -0.2) is 53.3 Å². The van der Waals surface area contributed by atoms with Crippen molar-refractivity contribution in [2.45, 2.75) is 19.1 Å². The minimum Gasteiger partial charge on any atom is -0.467 e. The van der Waals surface area contributed by atoms with E-state index in [0.29, 0.717) is 18.9 Å². The maximum atomic E-state index is 12.0. The van der Waals surface area contributed by atoms with E-state index < -0.39 is 6.10 Å². The highest BCUT2D eigenvalue weighted by Gasteiger charge is 2.32. The molecule has 0 spiro atoms. The zero-order valence-corrected chi connectivity index (χ0v) is 15.2. The molecule has 1 unspecified atom stereocenters. The summed E-state index contributed by atoms with van der Waals surface area (Å²) in [7, 11) is 1.37. The number of carbonyl (C=O) groups is 1. The molecule has 4 rings (SSSR count). The first kappa shape index (κ1) is 17.4. The number of rotatable bonds is 3. The van der Waals surface area contributed by atoms with Gasteiger partial charge in [-0.1, -0.05) is 12.1 Å². The summed E-state index contributed by atoms with van der Waals surface area (Å²) in [5, 5.41) is 0.933. The van der Waals surface area contributed by atoms with Crippen LogP contribution in [0.15, 0.2) is 48.8 Å². The Bertz CT molecular complexity index is 964. The summed E-state index contributed by atoms with van der Waals surface area (Å²) < 4.78 is 10.6. The number of esters is 1. The van der Waals surface area contributed by atoms with Gasteiger partial charge in [0.15, 0.2) is 11.9 Å². The highest BCUT2D eigenvalue weighted by molar-refractivity contribution is 5.91. The Hall–Kier alpha value is -3.06. The molecule has 27 heavy (non-hydrogen) atoms. The Morgan fingerprint density at radius 2 is 2.04 bits per heavy atom. The van der Waals surface area contributed by atoms with Crippen LogP contribution >= 0.6 is 0 Å². The fourth-order valence-electron chi connectivity index (χ4n) is 3.31. The Morgan fingerprint density at radius 3 is 2.81 bits per heavy atom. The number of carbonyl (C=O) groups excluding carboxylic acids is 1. The van der Waals surface area contributed by atoms with Gasteiger partial charge >= 0.3 is 5.97 Å². The van der Waals surface area contributed by atoms with Gasteiger partial charge in [0.05, 0.1) is 25.3 Å². The van der Waals surface area contributed by atoms with E-state index in [1.165, 1.54) is 7.11 Å². The third-order valence-electron chi connectivity index (χ3n) is 4.53. The monoisotopic (exact) mass is 364 g/mol. The molecule has 1 saturated heterocycles. The van der Waals surface area contributed by atoms with Crippen LogP contribution in [0.25, 0.3) is 22.3 Å². The lowest BCUT2D eigenvalue weighted by Gasteiger charge is -2.36. The van der Waals surface area contributed by atoms with Gasteiger partial charge in [-0.25, -0.2) is 14.8 Å². The van der Waals surface area contributed by atoms with Gasteiger partial charge < -0.3 is 14.4 Å². The Labute approximate surface area is 157 Å². The highest BCUT2D eigenvalue weighted by Crippen LogP contribution is 2.29. The van der Waals surface area contributed by atoms with Crippen LogP contribution in [0.4, 0.5) is 5.82 Å². The van der Waals surface area contributed by atoms with Gasteiger partial charge in [0.2, 0.25) is 0 Å². The van der Waals surface area contributed by atoms with Gasteiger partial charge in [0.25, 0.3) is 0 Å². The highest BCUT2D eigenvalue weighted by atomic mass is 16.6. The van der Waals surface area contributed by atoms with E-state index in [2.05, 4.69) is 14.9 Å². The zero-order chi connectivity index (χ0) is 18.8. The van der Waals surface area contributed by atoms with Crippen LogP contribution in [0.2, 0.25) is 0 Å². The van der Waals surface area contributed by atoms with E-state index >= 15 is 0 Å². The Morgan fingerprint density at radius 1 is 1.19 bits per heavy atom. The van der Waals surface area contributed by atoms with Crippen LogP contribution < -0.4 is 4.90 Å². The molecule has 0 amide bonds. The summed E-state index contributed by atoms with van der Waals surface area (Å²) in [5.74, 6) is 1.01. The number of morpholine rings is 1. The van der Waals surface area contributed by atoms with Gasteiger partial charge in [-0.2, -0.15) is 0 Å². The van der Waals surface area contributed by atoms with Gasteiger partial charge in [-0.15, -0.1) is 0 Å². The van der Waals surface area contributed by atoms with Gasteiger partial charge in [-0.05, 0) is 31.2 Å². The number of methoxy groups -OCH3 is 1. The molecular weight excluding hydrogens is 344 g/mol. The van der Waals surface area contributed by atoms with Gasteiger partial charge in [0.1, 0.15) is 5.82 Å². The number of hydrogen-bond donors (Lipinski definition) is 0. The van der Waals surface area contributed by atoms with Crippen LogP contribution in [0.5, 0.6) is 0 Å². The molecule has 3 heterocycles. The quantitative estimate of drug-likeness (QED) is 0.661. The summed E-state index contributed by atoms with van der Waals surface area (Å²) in [4.78, 5) is 27.8. The number of fused-ring (bicyclic) bond motifs is 1. The molecule has 7 heteroatoms. The Kier molecular flexibility index (Phi) is 4.68. The maximum absolute atomic E-state index is 12.0. The van der Waals surface area contributed by atoms with E-state index in [4.69, 9.17) is 14.5 Å². The van der Waals surface area contributed by atoms with Crippen molar-refractivity contribution in [2.24, 2.45) is 0 Å². The first-order valence-electron chi connectivity index (χ1n) is 8.81. The molecule has 1 fully saturated rings. The van der Waals surface area contributed by atoms with Crippen LogP contribution in [0.1, 0.15) is 6.92 Å². The number of aromatic nitrogens is 3. The predicted molar refractivity (Wildman–Crippen MR) is 101 cm³/mol. The molecular formula is C20H20N4O3. The second-order valence-electron chi connectivity index (χ2n) is 6.49. The minimum atomic E-state index is -0.644. The van der Waals surface area contributed by atoms with Crippen LogP contribution in [0, 0.1) is 0 Å². The molecule has 1 aromatic carbocycles. The summed E-state index contributed by atoms with van der Waals surface area (Å²) in [6.07, 6.45) is 2.69. The number of pyridine rings is 1. The third-order valence-corrected chi connectivity index (χ3v) is 4.53. The summed E-state index contributed by atoms with van der Waals surface area (Å²) in [6, 6.07) is 11.6. The third kappa shape index (κ3) is 3.46. The topological polar surface area (TPSA) is 77.4 Å². The molecule has 0 radical (unpaired) electrons. The summed E-state index contributed by atoms with van der Waals surface area (Å²) in [6.45, 7) is 2.94. The fraction of sp³-hybridized carbons (Fsp3) is 0.300. The van der Waals surface area contributed by atoms with Crippen molar-refractivity contribution in [2.75, 3.05) is 25.1 Å². The molecule has 138 valence electrons. The smallest absolute Gasteiger partial charge is 0.336 e. The standard InChI is InChI=1S/C20H20N4O3/c1-13-11-24(12-17(27-13)20(25)26-2)19-15-7-3-4-8-16(15)22-18(23-19)14-6-5-9-21-10-14/h3-10,13,17H,11-12H2,1-2H3/t13-,17?/m1/s1. The molecule has 0 saturated carbocycles. The molecule has 0 aliphatic carbocycles. The first-order valence-corrected chi connectivity index (χ1v) is 8.81. The van der Waals surface area contributed by atoms with E-state index in [0.717, 1.165) is 22.3 Å².